The summed E-state index contributed by atoms with van der Waals surface area (Å²) in [5.41, 5.74) is 1.17. The fourth-order valence-electron chi connectivity index (χ4n) is 4.65. The SMILES string of the molecule is COc1ccc(N(C(=O)Cn2nnc(-c3ccc(C)o3)n2)[C@H](C(=O)NC2CCCC2)c2ccncc2)cc1. The number of hydrogen-bond acceptors (Lipinski definition) is 8. The van der Waals surface area contributed by atoms with Crippen molar-refractivity contribution in [3.63, 3.8) is 0 Å². The van der Waals surface area contributed by atoms with Crippen LogP contribution in [0.25, 0.3) is 11.6 Å². The maximum atomic E-state index is 13.9. The maximum absolute atomic E-state index is 13.9. The number of pyridine rings is 1. The van der Waals surface area contributed by atoms with Crippen LogP contribution in [0.3, 0.4) is 0 Å². The summed E-state index contributed by atoms with van der Waals surface area (Å²) in [6.45, 7) is 1.58. The Kier molecular flexibility index (Phi) is 7.43. The lowest BCUT2D eigenvalue weighted by Crippen LogP contribution is -2.47. The van der Waals surface area contributed by atoms with Crippen LogP contribution in [0.4, 0.5) is 5.69 Å². The van der Waals surface area contributed by atoms with Gasteiger partial charge >= 0.3 is 0 Å². The highest BCUT2D eigenvalue weighted by molar-refractivity contribution is 6.01. The van der Waals surface area contributed by atoms with E-state index in [2.05, 4.69) is 25.7 Å². The van der Waals surface area contributed by atoms with E-state index in [4.69, 9.17) is 9.15 Å². The zero-order chi connectivity index (χ0) is 26.5. The number of tetrazole rings is 1. The van der Waals surface area contributed by atoms with Gasteiger partial charge in [-0.1, -0.05) is 12.8 Å². The van der Waals surface area contributed by atoms with E-state index in [0.717, 1.165) is 25.7 Å². The van der Waals surface area contributed by atoms with Crippen molar-refractivity contribution in [2.24, 2.45) is 0 Å². The Balaban J connectivity index is 1.49. The van der Waals surface area contributed by atoms with Crippen LogP contribution in [0.2, 0.25) is 0 Å². The summed E-state index contributed by atoms with van der Waals surface area (Å²) in [7, 11) is 1.57. The minimum atomic E-state index is -0.935. The van der Waals surface area contributed by atoms with Gasteiger partial charge in [-0.15, -0.1) is 10.2 Å². The molecule has 38 heavy (non-hydrogen) atoms. The number of hydrogen-bond donors (Lipinski definition) is 1. The average molecular weight is 516 g/mol. The van der Waals surface area contributed by atoms with Crippen LogP contribution in [-0.2, 0) is 16.1 Å². The monoisotopic (exact) mass is 515 g/mol. The van der Waals surface area contributed by atoms with Crippen molar-refractivity contribution < 1.29 is 18.7 Å². The van der Waals surface area contributed by atoms with Crippen LogP contribution in [0.5, 0.6) is 5.75 Å². The van der Waals surface area contributed by atoms with E-state index in [1.165, 1.54) is 9.70 Å². The second-order valence-electron chi connectivity index (χ2n) is 9.19. The molecule has 0 aliphatic heterocycles. The number of methoxy groups -OCH3 is 1. The van der Waals surface area contributed by atoms with E-state index in [9.17, 15) is 9.59 Å². The molecular weight excluding hydrogens is 486 g/mol. The van der Waals surface area contributed by atoms with Gasteiger partial charge in [-0.25, -0.2) is 0 Å². The van der Waals surface area contributed by atoms with Gasteiger partial charge in [0.15, 0.2) is 5.76 Å². The van der Waals surface area contributed by atoms with Gasteiger partial charge < -0.3 is 14.5 Å². The summed E-state index contributed by atoms with van der Waals surface area (Å²) in [5.74, 6) is 1.42. The first-order valence-electron chi connectivity index (χ1n) is 12.5. The first-order valence-corrected chi connectivity index (χ1v) is 12.5. The summed E-state index contributed by atoms with van der Waals surface area (Å²) in [6.07, 6.45) is 7.20. The highest BCUT2D eigenvalue weighted by Gasteiger charge is 2.34. The third-order valence-corrected chi connectivity index (χ3v) is 6.54. The predicted octanol–water partition coefficient (Wildman–Crippen LogP) is 3.48. The third kappa shape index (κ3) is 5.56. The molecule has 3 heterocycles. The number of nitrogens with one attached hydrogen (secondary N) is 1. The highest BCUT2D eigenvalue weighted by atomic mass is 16.5. The molecule has 1 atom stereocenters. The van der Waals surface area contributed by atoms with Crippen molar-refractivity contribution in [1.29, 1.82) is 0 Å². The molecule has 11 nitrogen and oxygen atoms in total. The summed E-state index contributed by atoms with van der Waals surface area (Å²) >= 11 is 0. The number of nitrogens with zero attached hydrogens (tertiary/aromatic N) is 6. The largest absolute Gasteiger partial charge is 0.497 e. The van der Waals surface area contributed by atoms with Gasteiger partial charge in [0.05, 0.1) is 7.11 Å². The van der Waals surface area contributed by atoms with E-state index in [1.54, 1.807) is 68.0 Å². The molecule has 196 valence electrons. The highest BCUT2D eigenvalue weighted by Crippen LogP contribution is 2.30. The zero-order valence-electron chi connectivity index (χ0n) is 21.3. The summed E-state index contributed by atoms with van der Waals surface area (Å²) in [4.78, 5) is 34.5. The molecule has 1 aliphatic carbocycles. The number of carbonyl (C=O) groups is 2. The standard InChI is InChI=1S/C27H29N7O4/c1-18-7-12-23(38-18)26-30-32-33(31-26)17-24(35)34(21-8-10-22(37-2)11-9-21)25(19-13-15-28-16-14-19)27(36)29-20-5-3-4-6-20/h7-16,20,25H,3-6,17H2,1-2H3,(H,29,36)/t25-/m0/s1. The molecule has 3 aromatic heterocycles. The predicted molar refractivity (Wildman–Crippen MR) is 138 cm³/mol. The minimum absolute atomic E-state index is 0.0796. The van der Waals surface area contributed by atoms with Gasteiger partial charge in [0.25, 0.3) is 5.91 Å². The van der Waals surface area contributed by atoms with Gasteiger partial charge in [-0.3, -0.25) is 19.5 Å². The molecular formula is C27H29N7O4. The Hall–Kier alpha value is -4.54. The van der Waals surface area contributed by atoms with Crippen molar-refractivity contribution in [3.8, 4) is 17.3 Å². The van der Waals surface area contributed by atoms with Crippen LogP contribution < -0.4 is 15.0 Å². The van der Waals surface area contributed by atoms with E-state index >= 15 is 0 Å². The topological polar surface area (TPSA) is 128 Å². The van der Waals surface area contributed by atoms with Crippen LogP contribution >= 0.6 is 0 Å². The molecule has 4 aromatic rings. The Morgan fingerprint density at radius 1 is 1.11 bits per heavy atom. The smallest absolute Gasteiger partial charge is 0.251 e. The fraction of sp³-hybridized carbons (Fsp3) is 0.333. The summed E-state index contributed by atoms with van der Waals surface area (Å²) in [5, 5.41) is 15.5. The molecule has 5 rings (SSSR count). The van der Waals surface area contributed by atoms with Crippen molar-refractivity contribution in [2.75, 3.05) is 12.0 Å². The molecule has 1 N–H and O–H groups in total. The van der Waals surface area contributed by atoms with Crippen molar-refractivity contribution >= 4 is 17.5 Å². The van der Waals surface area contributed by atoms with Gasteiger partial charge in [-0.2, -0.15) is 4.80 Å². The molecule has 1 aliphatic rings. The molecule has 11 heteroatoms. The van der Waals surface area contributed by atoms with Crippen LogP contribution in [-0.4, -0.2) is 50.2 Å². The summed E-state index contributed by atoms with van der Waals surface area (Å²) < 4.78 is 10.9. The lowest BCUT2D eigenvalue weighted by molar-refractivity contribution is -0.127. The minimum Gasteiger partial charge on any atom is -0.497 e. The molecule has 0 saturated heterocycles. The van der Waals surface area contributed by atoms with Gasteiger partial charge in [0, 0.05) is 24.1 Å². The number of ether oxygens (including phenoxy) is 1. The van der Waals surface area contributed by atoms with Crippen molar-refractivity contribution in [3.05, 3.63) is 72.2 Å². The van der Waals surface area contributed by atoms with Crippen molar-refractivity contribution in [2.45, 2.75) is 51.2 Å². The average Bonchev–Trinajstić information content (AvgIpc) is 3.71. The van der Waals surface area contributed by atoms with Crippen LogP contribution in [0.1, 0.15) is 43.0 Å². The number of benzene rings is 1. The van der Waals surface area contributed by atoms with E-state index in [-0.39, 0.29) is 24.3 Å². The molecule has 0 spiro atoms. The quantitative estimate of drug-likeness (QED) is 0.359. The Labute approximate surface area is 219 Å². The summed E-state index contributed by atoms with van der Waals surface area (Å²) in [6, 6.07) is 13.2. The normalized spacial score (nSPS) is 14.3. The Morgan fingerprint density at radius 3 is 2.50 bits per heavy atom. The van der Waals surface area contributed by atoms with Gasteiger partial charge in [0.2, 0.25) is 11.7 Å². The molecule has 0 bridgehead atoms. The van der Waals surface area contributed by atoms with E-state index in [0.29, 0.717) is 28.5 Å². The first kappa shape index (κ1) is 25.1. The number of aromatic nitrogens is 5. The molecule has 1 aromatic carbocycles. The fourth-order valence-corrected chi connectivity index (χ4v) is 4.65. The number of carbonyl (C=O) groups excluding carboxylic acids is 2. The van der Waals surface area contributed by atoms with Crippen LogP contribution in [0.15, 0.2) is 65.3 Å². The molecule has 0 radical (unpaired) electrons. The lowest BCUT2D eigenvalue weighted by atomic mass is 10.0. The third-order valence-electron chi connectivity index (χ3n) is 6.54. The zero-order valence-corrected chi connectivity index (χ0v) is 21.3. The van der Waals surface area contributed by atoms with E-state index < -0.39 is 11.9 Å². The molecule has 1 saturated carbocycles. The second-order valence-corrected chi connectivity index (χ2v) is 9.19. The number of aryl methyl sites for hydroxylation is 1. The number of amides is 2. The molecule has 0 unspecified atom stereocenters. The number of furan rings is 1. The van der Waals surface area contributed by atoms with Gasteiger partial charge in [0.1, 0.15) is 24.1 Å². The second kappa shape index (κ2) is 11.2. The molecule has 1 fully saturated rings. The molecule has 2 amide bonds. The van der Waals surface area contributed by atoms with Crippen molar-refractivity contribution in [1.82, 2.24) is 30.5 Å². The number of rotatable bonds is 9. The Morgan fingerprint density at radius 2 is 1.84 bits per heavy atom. The van der Waals surface area contributed by atoms with E-state index in [1.807, 2.05) is 6.92 Å². The lowest BCUT2D eigenvalue weighted by Gasteiger charge is -2.32. The Bertz CT molecular complexity index is 1380. The maximum Gasteiger partial charge on any atom is 0.251 e. The number of anilines is 1. The first-order chi connectivity index (χ1) is 18.5. The van der Waals surface area contributed by atoms with Gasteiger partial charge in [-0.05, 0) is 79.1 Å². The van der Waals surface area contributed by atoms with Crippen LogP contribution in [0, 0.1) is 6.92 Å².